The average Bonchev–Trinajstić information content (AvgIpc) is 2.62. The third-order valence-electron chi connectivity index (χ3n) is 3.91. The monoisotopic (exact) mass is 332 g/mol. The van der Waals surface area contributed by atoms with E-state index in [4.69, 9.17) is 0 Å². The van der Waals surface area contributed by atoms with Gasteiger partial charge in [-0.2, -0.15) is 0 Å². The van der Waals surface area contributed by atoms with E-state index in [1.807, 2.05) is 42.5 Å². The Morgan fingerprint density at radius 3 is 2.16 bits per heavy atom. The summed E-state index contributed by atoms with van der Waals surface area (Å²) in [5.41, 5.74) is 3.03. The van der Waals surface area contributed by atoms with Crippen molar-refractivity contribution in [3.63, 3.8) is 0 Å². The second kappa shape index (κ2) is 6.97. The van der Waals surface area contributed by atoms with Gasteiger partial charge in [0.25, 0.3) is 11.6 Å². The zero-order valence-corrected chi connectivity index (χ0v) is 13.6. The number of carbonyl (C=O) groups is 1. The van der Waals surface area contributed by atoms with E-state index >= 15 is 0 Å². The second-order valence-electron chi connectivity index (χ2n) is 5.63. The Hall–Kier alpha value is -3.47. The van der Waals surface area contributed by atoms with Gasteiger partial charge in [-0.05, 0) is 36.2 Å². The minimum Gasteiger partial charge on any atom is -0.322 e. The molecule has 1 N–H and O–H groups in total. The molecule has 0 aliphatic rings. The van der Waals surface area contributed by atoms with Gasteiger partial charge in [0.15, 0.2) is 0 Å². The molecule has 0 heterocycles. The Morgan fingerprint density at radius 1 is 0.880 bits per heavy atom. The van der Waals surface area contributed by atoms with Gasteiger partial charge in [-0.3, -0.25) is 14.9 Å². The molecule has 0 spiro atoms. The number of nitrogens with zero attached hydrogens (tertiary/aromatic N) is 1. The Morgan fingerprint density at radius 2 is 1.52 bits per heavy atom. The molecular weight excluding hydrogens is 316 g/mol. The molecule has 0 fully saturated rings. The fourth-order valence-corrected chi connectivity index (χ4v) is 2.66. The lowest BCUT2D eigenvalue weighted by atomic mass is 10.1. The molecule has 3 rings (SSSR count). The van der Waals surface area contributed by atoms with E-state index in [0.29, 0.717) is 11.3 Å². The van der Waals surface area contributed by atoms with Crippen molar-refractivity contribution in [1.29, 1.82) is 0 Å². The summed E-state index contributed by atoms with van der Waals surface area (Å²) in [4.78, 5) is 23.1. The highest BCUT2D eigenvalue weighted by atomic mass is 16.6. The number of nitro benzene ring substituents is 1. The van der Waals surface area contributed by atoms with Crippen molar-refractivity contribution in [1.82, 2.24) is 0 Å². The lowest BCUT2D eigenvalue weighted by Gasteiger charge is -2.08. The molecular formula is C20H16N2O3. The maximum absolute atomic E-state index is 12.4. The maximum Gasteiger partial charge on any atom is 0.285 e. The number of anilines is 1. The van der Waals surface area contributed by atoms with E-state index in [1.54, 1.807) is 31.2 Å². The molecule has 0 aromatic heterocycles. The summed E-state index contributed by atoms with van der Waals surface area (Å²) in [6, 6.07) is 21.9. The molecule has 0 radical (unpaired) electrons. The van der Waals surface area contributed by atoms with Crippen molar-refractivity contribution in [2.75, 3.05) is 5.32 Å². The Balaban J connectivity index is 1.83. The predicted molar refractivity (Wildman–Crippen MR) is 97.7 cm³/mol. The van der Waals surface area contributed by atoms with Crippen molar-refractivity contribution in [2.45, 2.75) is 6.92 Å². The van der Waals surface area contributed by atoms with Crippen LogP contribution in [0, 0.1) is 17.0 Å². The smallest absolute Gasteiger partial charge is 0.285 e. The van der Waals surface area contributed by atoms with Crippen molar-refractivity contribution in [2.24, 2.45) is 0 Å². The molecule has 0 bridgehead atoms. The number of aryl methyl sites for hydroxylation is 1. The van der Waals surface area contributed by atoms with E-state index in [2.05, 4.69) is 5.32 Å². The van der Waals surface area contributed by atoms with Crippen LogP contribution in [0.3, 0.4) is 0 Å². The van der Waals surface area contributed by atoms with Crippen LogP contribution in [0.1, 0.15) is 15.9 Å². The first-order chi connectivity index (χ1) is 12.1. The number of nitro groups is 1. The highest BCUT2D eigenvalue weighted by molar-refractivity contribution is 6.07. The van der Waals surface area contributed by atoms with E-state index in [-0.39, 0.29) is 11.3 Å². The molecule has 0 saturated carbocycles. The van der Waals surface area contributed by atoms with Gasteiger partial charge in [0, 0.05) is 11.3 Å². The number of benzene rings is 3. The van der Waals surface area contributed by atoms with Crippen LogP contribution in [0.25, 0.3) is 11.1 Å². The molecule has 0 saturated heterocycles. The van der Waals surface area contributed by atoms with E-state index in [1.165, 1.54) is 6.07 Å². The zero-order valence-electron chi connectivity index (χ0n) is 13.6. The van der Waals surface area contributed by atoms with Gasteiger partial charge in [-0.15, -0.1) is 0 Å². The van der Waals surface area contributed by atoms with Gasteiger partial charge in [-0.25, -0.2) is 0 Å². The second-order valence-corrected chi connectivity index (χ2v) is 5.63. The van der Waals surface area contributed by atoms with Crippen LogP contribution in [0.15, 0.2) is 72.8 Å². The summed E-state index contributed by atoms with van der Waals surface area (Å²) >= 11 is 0. The van der Waals surface area contributed by atoms with Crippen molar-refractivity contribution in [3.05, 3.63) is 94.0 Å². The maximum atomic E-state index is 12.4. The minimum atomic E-state index is -0.525. The lowest BCUT2D eigenvalue weighted by molar-refractivity contribution is -0.385. The van der Waals surface area contributed by atoms with E-state index < -0.39 is 10.8 Å². The molecule has 5 heteroatoms. The Kier molecular flexibility index (Phi) is 4.57. The first-order valence-electron chi connectivity index (χ1n) is 7.77. The largest absolute Gasteiger partial charge is 0.322 e. The topological polar surface area (TPSA) is 72.2 Å². The first kappa shape index (κ1) is 16.4. The molecule has 25 heavy (non-hydrogen) atoms. The molecule has 0 unspecified atom stereocenters. The van der Waals surface area contributed by atoms with Gasteiger partial charge >= 0.3 is 0 Å². The number of hydrogen-bond acceptors (Lipinski definition) is 3. The Labute approximate surface area is 145 Å². The summed E-state index contributed by atoms with van der Waals surface area (Å²) < 4.78 is 0. The summed E-state index contributed by atoms with van der Waals surface area (Å²) in [7, 11) is 0. The van der Waals surface area contributed by atoms with Crippen LogP contribution in [0.4, 0.5) is 11.4 Å². The van der Waals surface area contributed by atoms with Gasteiger partial charge in [-0.1, -0.05) is 54.6 Å². The predicted octanol–water partition coefficient (Wildman–Crippen LogP) is 4.82. The summed E-state index contributed by atoms with van der Waals surface area (Å²) in [6.07, 6.45) is 0. The van der Waals surface area contributed by atoms with Crippen LogP contribution in [-0.2, 0) is 0 Å². The summed E-state index contributed by atoms with van der Waals surface area (Å²) in [6.45, 7) is 1.61. The Bertz CT molecular complexity index is 919. The van der Waals surface area contributed by atoms with Crippen molar-refractivity contribution in [3.8, 4) is 11.1 Å². The highest BCUT2D eigenvalue weighted by Crippen LogP contribution is 2.25. The fraction of sp³-hybridized carbons (Fsp3) is 0.0500. The van der Waals surface area contributed by atoms with Crippen LogP contribution in [0.5, 0.6) is 0 Å². The summed E-state index contributed by atoms with van der Waals surface area (Å²) in [5, 5.41) is 13.9. The van der Waals surface area contributed by atoms with Gasteiger partial charge in [0.2, 0.25) is 0 Å². The van der Waals surface area contributed by atoms with E-state index in [0.717, 1.165) is 11.1 Å². The molecule has 3 aromatic carbocycles. The van der Waals surface area contributed by atoms with Gasteiger partial charge in [0.05, 0.1) is 4.92 Å². The highest BCUT2D eigenvalue weighted by Gasteiger charge is 2.22. The SMILES string of the molecule is Cc1cccc(C(=O)Nc2ccc(-c3ccccc3)cc2)c1[N+](=O)[O-]. The quantitative estimate of drug-likeness (QED) is 0.550. The van der Waals surface area contributed by atoms with Crippen LogP contribution < -0.4 is 5.32 Å². The molecule has 3 aromatic rings. The fourth-order valence-electron chi connectivity index (χ4n) is 2.66. The first-order valence-corrected chi connectivity index (χ1v) is 7.77. The number of para-hydroxylation sites is 1. The molecule has 0 aliphatic carbocycles. The number of carbonyl (C=O) groups excluding carboxylic acids is 1. The van der Waals surface area contributed by atoms with Gasteiger partial charge in [0.1, 0.15) is 5.56 Å². The standard InChI is InChI=1S/C20H16N2O3/c1-14-6-5-9-18(19(14)22(24)25)20(23)21-17-12-10-16(11-13-17)15-7-3-2-4-8-15/h2-13H,1H3,(H,21,23). The molecule has 5 nitrogen and oxygen atoms in total. The van der Waals surface area contributed by atoms with Crippen molar-refractivity contribution >= 4 is 17.3 Å². The molecule has 1 amide bonds. The third-order valence-corrected chi connectivity index (χ3v) is 3.91. The molecule has 0 aliphatic heterocycles. The average molecular weight is 332 g/mol. The normalized spacial score (nSPS) is 10.3. The van der Waals surface area contributed by atoms with E-state index in [9.17, 15) is 14.9 Å². The minimum absolute atomic E-state index is 0.0529. The number of hydrogen-bond donors (Lipinski definition) is 1. The van der Waals surface area contributed by atoms with Crippen LogP contribution in [-0.4, -0.2) is 10.8 Å². The lowest BCUT2D eigenvalue weighted by Crippen LogP contribution is -2.14. The number of nitrogens with one attached hydrogen (secondary N) is 1. The summed E-state index contributed by atoms with van der Waals surface area (Å²) in [5.74, 6) is -0.497. The van der Waals surface area contributed by atoms with Crippen molar-refractivity contribution < 1.29 is 9.72 Å². The molecule has 0 atom stereocenters. The number of amides is 1. The zero-order chi connectivity index (χ0) is 17.8. The van der Waals surface area contributed by atoms with Crippen LogP contribution >= 0.6 is 0 Å². The van der Waals surface area contributed by atoms with Crippen LogP contribution in [0.2, 0.25) is 0 Å². The third kappa shape index (κ3) is 3.55. The number of rotatable bonds is 4. The van der Waals surface area contributed by atoms with Gasteiger partial charge < -0.3 is 5.32 Å². The molecule has 124 valence electrons.